The van der Waals surface area contributed by atoms with E-state index in [1.54, 1.807) is 6.92 Å². The molecule has 0 aromatic heterocycles. The molecule has 2 N–H and O–H groups in total. The molecule has 0 aliphatic carbocycles. The van der Waals surface area contributed by atoms with E-state index in [0.717, 1.165) is 31.5 Å². The SMILES string of the molecule is CCOC(=O)NCCO[C@@H](c1cccc(Cl)c1)C1CCCNC1. The Labute approximate surface area is 142 Å². The Hall–Kier alpha value is -1.30. The van der Waals surface area contributed by atoms with Crippen molar-refractivity contribution in [2.24, 2.45) is 5.92 Å². The number of hydrogen-bond acceptors (Lipinski definition) is 4. The van der Waals surface area contributed by atoms with Crippen LogP contribution in [0, 0.1) is 5.92 Å². The van der Waals surface area contributed by atoms with Gasteiger partial charge in [0.05, 0.1) is 19.3 Å². The molecule has 1 aromatic rings. The fourth-order valence-corrected chi connectivity index (χ4v) is 3.05. The zero-order chi connectivity index (χ0) is 16.5. The molecule has 2 rings (SSSR count). The van der Waals surface area contributed by atoms with E-state index in [2.05, 4.69) is 10.6 Å². The Morgan fingerprint density at radius 1 is 1.52 bits per heavy atom. The van der Waals surface area contributed by atoms with Gasteiger partial charge in [-0.1, -0.05) is 23.7 Å². The molecule has 23 heavy (non-hydrogen) atoms. The fraction of sp³-hybridized carbons (Fsp3) is 0.588. The molecule has 1 saturated heterocycles. The lowest BCUT2D eigenvalue weighted by Gasteiger charge is -2.31. The van der Waals surface area contributed by atoms with Gasteiger partial charge in [0, 0.05) is 24.0 Å². The van der Waals surface area contributed by atoms with E-state index in [1.807, 2.05) is 24.3 Å². The van der Waals surface area contributed by atoms with Crippen LogP contribution in [0.5, 0.6) is 0 Å². The van der Waals surface area contributed by atoms with Crippen LogP contribution < -0.4 is 10.6 Å². The molecule has 1 unspecified atom stereocenters. The summed E-state index contributed by atoms with van der Waals surface area (Å²) in [7, 11) is 0. The summed E-state index contributed by atoms with van der Waals surface area (Å²) in [5, 5.41) is 6.81. The molecule has 0 spiro atoms. The lowest BCUT2D eigenvalue weighted by Crippen LogP contribution is -2.35. The maximum atomic E-state index is 11.3. The van der Waals surface area contributed by atoms with Crippen LogP contribution >= 0.6 is 11.6 Å². The van der Waals surface area contributed by atoms with Crippen LogP contribution in [0.1, 0.15) is 31.4 Å². The highest BCUT2D eigenvalue weighted by Crippen LogP contribution is 2.31. The second-order valence-corrected chi connectivity index (χ2v) is 6.04. The number of amides is 1. The van der Waals surface area contributed by atoms with Gasteiger partial charge in [0.25, 0.3) is 0 Å². The summed E-state index contributed by atoms with van der Waals surface area (Å²) in [5.41, 5.74) is 1.09. The third kappa shape index (κ3) is 6.01. The summed E-state index contributed by atoms with van der Waals surface area (Å²) < 4.78 is 10.9. The Morgan fingerprint density at radius 3 is 3.09 bits per heavy atom. The average Bonchev–Trinajstić information content (AvgIpc) is 2.56. The van der Waals surface area contributed by atoms with Crippen LogP contribution in [0.4, 0.5) is 4.79 Å². The van der Waals surface area contributed by atoms with Crippen LogP contribution in [0.25, 0.3) is 0 Å². The number of benzene rings is 1. The quantitative estimate of drug-likeness (QED) is 0.749. The number of carbonyl (C=O) groups excluding carboxylic acids is 1. The monoisotopic (exact) mass is 340 g/mol. The van der Waals surface area contributed by atoms with Crippen molar-refractivity contribution in [2.75, 3.05) is 32.8 Å². The van der Waals surface area contributed by atoms with E-state index in [-0.39, 0.29) is 6.10 Å². The van der Waals surface area contributed by atoms with Gasteiger partial charge in [0.15, 0.2) is 0 Å². The predicted molar refractivity (Wildman–Crippen MR) is 90.8 cm³/mol. The molecule has 1 aromatic carbocycles. The molecule has 2 atom stereocenters. The minimum absolute atomic E-state index is 0.0227. The van der Waals surface area contributed by atoms with Crippen LogP contribution in [-0.4, -0.2) is 38.9 Å². The van der Waals surface area contributed by atoms with Crippen molar-refractivity contribution in [3.05, 3.63) is 34.9 Å². The number of halogens is 1. The van der Waals surface area contributed by atoms with Crippen LogP contribution in [-0.2, 0) is 9.47 Å². The molecule has 1 fully saturated rings. The van der Waals surface area contributed by atoms with E-state index in [4.69, 9.17) is 21.1 Å². The summed E-state index contributed by atoms with van der Waals surface area (Å²) in [4.78, 5) is 11.3. The lowest BCUT2D eigenvalue weighted by atomic mass is 9.89. The van der Waals surface area contributed by atoms with Gasteiger partial charge in [-0.05, 0) is 44.0 Å². The zero-order valence-corrected chi connectivity index (χ0v) is 14.3. The summed E-state index contributed by atoms with van der Waals surface area (Å²) in [5.74, 6) is 0.407. The van der Waals surface area contributed by atoms with E-state index >= 15 is 0 Å². The molecule has 1 heterocycles. The van der Waals surface area contributed by atoms with Gasteiger partial charge in [-0.3, -0.25) is 0 Å². The van der Waals surface area contributed by atoms with Gasteiger partial charge in [-0.25, -0.2) is 4.79 Å². The first-order valence-electron chi connectivity index (χ1n) is 8.19. The second kappa shape index (κ2) is 9.75. The average molecular weight is 341 g/mol. The van der Waals surface area contributed by atoms with Crippen molar-refractivity contribution < 1.29 is 14.3 Å². The molecule has 1 amide bonds. The third-order valence-corrected chi connectivity index (χ3v) is 4.12. The van der Waals surface area contributed by atoms with Gasteiger partial charge in [0.2, 0.25) is 0 Å². The van der Waals surface area contributed by atoms with Crippen molar-refractivity contribution in [2.45, 2.75) is 25.9 Å². The molecule has 0 saturated carbocycles. The lowest BCUT2D eigenvalue weighted by molar-refractivity contribution is 0.00457. The van der Waals surface area contributed by atoms with E-state index in [1.165, 1.54) is 0 Å². The van der Waals surface area contributed by atoms with Crippen molar-refractivity contribution >= 4 is 17.7 Å². The van der Waals surface area contributed by atoms with Gasteiger partial charge in [0.1, 0.15) is 0 Å². The molecule has 0 bridgehead atoms. The maximum Gasteiger partial charge on any atom is 0.407 e. The molecule has 1 aliphatic rings. The predicted octanol–water partition coefficient (Wildman–Crippen LogP) is 3.14. The summed E-state index contributed by atoms with van der Waals surface area (Å²) in [6.07, 6.45) is 1.84. The topological polar surface area (TPSA) is 59.6 Å². The maximum absolute atomic E-state index is 11.3. The van der Waals surface area contributed by atoms with Crippen molar-refractivity contribution in [3.63, 3.8) is 0 Å². The zero-order valence-electron chi connectivity index (χ0n) is 13.5. The molecule has 128 valence electrons. The number of ether oxygens (including phenoxy) is 2. The summed E-state index contributed by atoms with van der Waals surface area (Å²) in [6.45, 7) is 5.00. The van der Waals surface area contributed by atoms with Crippen LogP contribution in [0.2, 0.25) is 5.02 Å². The number of nitrogens with one attached hydrogen (secondary N) is 2. The van der Waals surface area contributed by atoms with Crippen molar-refractivity contribution in [1.82, 2.24) is 10.6 Å². The molecule has 1 aliphatic heterocycles. The molecule has 6 heteroatoms. The number of piperidine rings is 1. The molecular weight excluding hydrogens is 316 g/mol. The minimum Gasteiger partial charge on any atom is -0.450 e. The Bertz CT molecular complexity index is 492. The van der Waals surface area contributed by atoms with Crippen LogP contribution in [0.15, 0.2) is 24.3 Å². The number of hydrogen-bond donors (Lipinski definition) is 2. The van der Waals surface area contributed by atoms with Crippen molar-refractivity contribution in [1.29, 1.82) is 0 Å². The number of carbonyl (C=O) groups is 1. The highest BCUT2D eigenvalue weighted by molar-refractivity contribution is 6.30. The third-order valence-electron chi connectivity index (χ3n) is 3.88. The van der Waals surface area contributed by atoms with Crippen LogP contribution in [0.3, 0.4) is 0 Å². The number of alkyl carbamates (subject to hydrolysis) is 1. The first-order valence-corrected chi connectivity index (χ1v) is 8.57. The fourth-order valence-electron chi connectivity index (χ4n) is 2.85. The first-order chi connectivity index (χ1) is 11.2. The second-order valence-electron chi connectivity index (χ2n) is 5.60. The summed E-state index contributed by atoms with van der Waals surface area (Å²) in [6, 6.07) is 7.81. The van der Waals surface area contributed by atoms with Crippen molar-refractivity contribution in [3.8, 4) is 0 Å². The molecule has 0 radical (unpaired) electrons. The Morgan fingerprint density at radius 2 is 2.39 bits per heavy atom. The minimum atomic E-state index is -0.408. The number of rotatable bonds is 7. The normalized spacial score (nSPS) is 19.1. The molecular formula is C17H25ClN2O3. The summed E-state index contributed by atoms with van der Waals surface area (Å²) >= 11 is 6.12. The van der Waals surface area contributed by atoms with E-state index < -0.39 is 6.09 Å². The van der Waals surface area contributed by atoms with E-state index in [9.17, 15) is 4.79 Å². The smallest absolute Gasteiger partial charge is 0.407 e. The Kier molecular flexibility index (Phi) is 7.65. The van der Waals surface area contributed by atoms with E-state index in [0.29, 0.717) is 30.7 Å². The van der Waals surface area contributed by atoms with Gasteiger partial charge in [-0.2, -0.15) is 0 Å². The molecule has 5 nitrogen and oxygen atoms in total. The highest BCUT2D eigenvalue weighted by atomic mass is 35.5. The van der Waals surface area contributed by atoms with Gasteiger partial charge in [-0.15, -0.1) is 0 Å². The standard InChI is InChI=1S/C17H25ClN2O3/c1-2-22-17(21)20-9-10-23-16(14-6-4-8-19-12-14)13-5-3-7-15(18)11-13/h3,5,7,11,14,16,19H,2,4,6,8-10,12H2,1H3,(H,20,21)/t14?,16-/m0/s1. The first kappa shape index (κ1) is 18.0. The largest absolute Gasteiger partial charge is 0.450 e. The van der Waals surface area contributed by atoms with Gasteiger partial charge >= 0.3 is 6.09 Å². The highest BCUT2D eigenvalue weighted by Gasteiger charge is 2.25. The Balaban J connectivity index is 1.92. The van der Waals surface area contributed by atoms with Gasteiger partial charge < -0.3 is 20.1 Å².